The fourth-order valence-electron chi connectivity index (χ4n) is 1.39. The highest BCUT2D eigenvalue weighted by molar-refractivity contribution is 7.81. The third-order valence-corrected chi connectivity index (χ3v) is 4.05. The summed E-state index contributed by atoms with van der Waals surface area (Å²) in [6, 6.07) is 9.86. The van der Waals surface area contributed by atoms with Crippen LogP contribution in [0.3, 0.4) is 0 Å². The molecular formula is C12H9FOS2. The molecule has 0 aliphatic heterocycles. The lowest BCUT2D eigenvalue weighted by atomic mass is 10.1. The second-order valence-electron chi connectivity index (χ2n) is 3.31. The van der Waals surface area contributed by atoms with E-state index in [1.165, 1.54) is 23.5 Å². The van der Waals surface area contributed by atoms with Gasteiger partial charge < -0.3 is 0 Å². The van der Waals surface area contributed by atoms with E-state index in [0.29, 0.717) is 4.88 Å². The number of halogens is 1. The first-order chi connectivity index (χ1) is 7.70. The van der Waals surface area contributed by atoms with Crippen LogP contribution in [-0.2, 0) is 0 Å². The summed E-state index contributed by atoms with van der Waals surface area (Å²) in [7, 11) is 0. The van der Waals surface area contributed by atoms with E-state index in [4.69, 9.17) is 0 Å². The molecule has 2 aromatic rings. The van der Waals surface area contributed by atoms with Gasteiger partial charge in [0.05, 0.1) is 10.1 Å². The van der Waals surface area contributed by atoms with Gasteiger partial charge in [0.2, 0.25) is 0 Å². The Labute approximate surface area is 102 Å². The number of hydrogen-bond donors (Lipinski definition) is 1. The van der Waals surface area contributed by atoms with Crippen molar-refractivity contribution < 1.29 is 9.18 Å². The monoisotopic (exact) mass is 252 g/mol. The van der Waals surface area contributed by atoms with Crippen molar-refractivity contribution in [3.63, 3.8) is 0 Å². The molecule has 1 heterocycles. The largest absolute Gasteiger partial charge is 0.297 e. The van der Waals surface area contributed by atoms with E-state index in [1.54, 1.807) is 18.2 Å². The number of rotatable bonds is 3. The molecule has 0 saturated heterocycles. The van der Waals surface area contributed by atoms with Crippen LogP contribution in [0.25, 0.3) is 0 Å². The second kappa shape index (κ2) is 4.80. The average Bonchev–Trinajstić information content (AvgIpc) is 2.77. The Morgan fingerprint density at radius 2 is 1.88 bits per heavy atom. The minimum absolute atomic E-state index is 0.112. The molecule has 2 rings (SSSR count). The summed E-state index contributed by atoms with van der Waals surface area (Å²) in [4.78, 5) is 12.2. The standard InChI is InChI=1S/C12H9FOS2/c13-9-3-1-8(2-4-9)12(15)11-6-5-10(7-14)16-11/h1-7,12,15H. The van der Waals surface area contributed by atoms with Crippen LogP contribution in [0.4, 0.5) is 4.39 Å². The van der Waals surface area contributed by atoms with Crippen molar-refractivity contribution in [1.29, 1.82) is 0 Å². The normalized spacial score (nSPS) is 12.4. The van der Waals surface area contributed by atoms with Gasteiger partial charge >= 0.3 is 0 Å². The lowest BCUT2D eigenvalue weighted by Gasteiger charge is -2.08. The van der Waals surface area contributed by atoms with Gasteiger partial charge in [-0.3, -0.25) is 4.79 Å². The summed E-state index contributed by atoms with van der Waals surface area (Å²) in [5.74, 6) is -0.260. The Balaban J connectivity index is 2.27. The Morgan fingerprint density at radius 3 is 2.44 bits per heavy atom. The number of benzene rings is 1. The van der Waals surface area contributed by atoms with Crippen LogP contribution in [0.5, 0.6) is 0 Å². The van der Waals surface area contributed by atoms with Crippen molar-refractivity contribution in [2.45, 2.75) is 5.25 Å². The Hall–Kier alpha value is -1.13. The molecule has 0 bridgehead atoms. The molecule has 1 unspecified atom stereocenters. The van der Waals surface area contributed by atoms with Crippen LogP contribution in [-0.4, -0.2) is 6.29 Å². The average molecular weight is 252 g/mol. The van der Waals surface area contributed by atoms with Gasteiger partial charge in [-0.25, -0.2) is 4.39 Å². The molecule has 4 heteroatoms. The number of carbonyl (C=O) groups is 1. The lowest BCUT2D eigenvalue weighted by molar-refractivity contribution is 0.112. The van der Waals surface area contributed by atoms with Crippen molar-refractivity contribution in [2.24, 2.45) is 0 Å². The molecule has 1 aromatic heterocycles. The van der Waals surface area contributed by atoms with E-state index in [1.807, 2.05) is 6.07 Å². The predicted octanol–water partition coefficient (Wildman–Crippen LogP) is 3.72. The number of hydrogen-bond acceptors (Lipinski definition) is 3. The molecule has 0 spiro atoms. The molecule has 82 valence electrons. The molecule has 1 nitrogen and oxygen atoms in total. The molecule has 0 fully saturated rings. The first-order valence-electron chi connectivity index (χ1n) is 4.69. The lowest BCUT2D eigenvalue weighted by Crippen LogP contribution is -1.89. The zero-order chi connectivity index (χ0) is 11.5. The van der Waals surface area contributed by atoms with Crippen molar-refractivity contribution in [3.05, 3.63) is 57.5 Å². The van der Waals surface area contributed by atoms with E-state index in [0.717, 1.165) is 16.7 Å². The summed E-state index contributed by atoms with van der Waals surface area (Å²) < 4.78 is 12.7. The Kier molecular flexibility index (Phi) is 3.41. The maximum atomic E-state index is 12.7. The molecule has 0 saturated carbocycles. The summed E-state index contributed by atoms with van der Waals surface area (Å²) >= 11 is 5.87. The van der Waals surface area contributed by atoms with E-state index < -0.39 is 0 Å². The van der Waals surface area contributed by atoms with Gasteiger partial charge in [-0.1, -0.05) is 12.1 Å². The smallest absolute Gasteiger partial charge is 0.160 e. The number of aldehydes is 1. The van der Waals surface area contributed by atoms with Crippen LogP contribution >= 0.6 is 24.0 Å². The summed E-state index contributed by atoms with van der Waals surface area (Å²) in [5, 5.41) is -0.112. The molecule has 16 heavy (non-hydrogen) atoms. The third kappa shape index (κ3) is 2.33. The van der Waals surface area contributed by atoms with Crippen LogP contribution < -0.4 is 0 Å². The van der Waals surface area contributed by atoms with E-state index in [2.05, 4.69) is 12.6 Å². The SMILES string of the molecule is O=Cc1ccc(C(S)c2ccc(F)cc2)s1. The van der Waals surface area contributed by atoms with Crippen LogP contribution in [0.2, 0.25) is 0 Å². The molecule has 1 aromatic carbocycles. The van der Waals surface area contributed by atoms with Gasteiger partial charge in [-0.15, -0.1) is 11.3 Å². The quantitative estimate of drug-likeness (QED) is 0.651. The maximum Gasteiger partial charge on any atom is 0.160 e. The third-order valence-electron chi connectivity index (χ3n) is 2.22. The van der Waals surface area contributed by atoms with Crippen molar-refractivity contribution in [2.75, 3.05) is 0 Å². The molecular weight excluding hydrogens is 243 g/mol. The van der Waals surface area contributed by atoms with Gasteiger partial charge in [0.25, 0.3) is 0 Å². The molecule has 0 aliphatic carbocycles. The molecule has 0 radical (unpaired) electrons. The Morgan fingerprint density at radius 1 is 1.19 bits per heavy atom. The summed E-state index contributed by atoms with van der Waals surface area (Å²) in [6.45, 7) is 0. The summed E-state index contributed by atoms with van der Waals surface area (Å²) in [5.41, 5.74) is 0.920. The molecule has 1 atom stereocenters. The fourth-order valence-corrected chi connectivity index (χ4v) is 2.64. The van der Waals surface area contributed by atoms with Gasteiger partial charge in [0, 0.05) is 4.88 Å². The van der Waals surface area contributed by atoms with Crippen molar-refractivity contribution in [3.8, 4) is 0 Å². The fraction of sp³-hybridized carbons (Fsp3) is 0.0833. The highest BCUT2D eigenvalue weighted by atomic mass is 32.1. The van der Waals surface area contributed by atoms with E-state index in [-0.39, 0.29) is 11.1 Å². The molecule has 0 amide bonds. The highest BCUT2D eigenvalue weighted by Crippen LogP contribution is 2.32. The molecule has 0 N–H and O–H groups in total. The number of carbonyl (C=O) groups excluding carboxylic acids is 1. The minimum Gasteiger partial charge on any atom is -0.297 e. The Bertz CT molecular complexity index is 490. The first-order valence-corrected chi connectivity index (χ1v) is 6.02. The summed E-state index contributed by atoms with van der Waals surface area (Å²) in [6.07, 6.45) is 0.819. The van der Waals surface area contributed by atoms with Gasteiger partial charge in [0.1, 0.15) is 5.82 Å². The van der Waals surface area contributed by atoms with Crippen LogP contribution in [0.1, 0.15) is 25.4 Å². The predicted molar refractivity (Wildman–Crippen MR) is 66.9 cm³/mol. The van der Waals surface area contributed by atoms with Gasteiger partial charge in [0.15, 0.2) is 6.29 Å². The first kappa shape index (κ1) is 11.4. The minimum atomic E-state index is -0.260. The maximum absolute atomic E-state index is 12.7. The zero-order valence-corrected chi connectivity index (χ0v) is 9.97. The molecule has 0 aliphatic rings. The van der Waals surface area contributed by atoms with Crippen LogP contribution in [0.15, 0.2) is 36.4 Å². The van der Waals surface area contributed by atoms with Gasteiger partial charge in [-0.05, 0) is 29.8 Å². The number of thiol groups is 1. The topological polar surface area (TPSA) is 17.1 Å². The number of thiophene rings is 1. The van der Waals surface area contributed by atoms with Gasteiger partial charge in [-0.2, -0.15) is 12.6 Å². The van der Waals surface area contributed by atoms with Crippen LogP contribution in [0, 0.1) is 5.82 Å². The highest BCUT2D eigenvalue weighted by Gasteiger charge is 2.11. The van der Waals surface area contributed by atoms with Crippen molar-refractivity contribution in [1.82, 2.24) is 0 Å². The van der Waals surface area contributed by atoms with E-state index >= 15 is 0 Å². The second-order valence-corrected chi connectivity index (χ2v) is 4.98. The zero-order valence-electron chi connectivity index (χ0n) is 8.26. The van der Waals surface area contributed by atoms with E-state index in [9.17, 15) is 9.18 Å². The van der Waals surface area contributed by atoms with Crippen molar-refractivity contribution >= 4 is 30.3 Å².